The van der Waals surface area contributed by atoms with Gasteiger partial charge in [0.1, 0.15) is 6.10 Å². The van der Waals surface area contributed by atoms with Gasteiger partial charge in [0.15, 0.2) is 0 Å². The molecule has 0 aliphatic carbocycles. The zero-order valence-electron chi connectivity index (χ0n) is 10.3. The first-order valence-electron chi connectivity index (χ1n) is 5.71. The first-order valence-corrected chi connectivity index (χ1v) is 5.71. The molecule has 3 atom stereocenters. The molecule has 1 aromatic rings. The first kappa shape index (κ1) is 13.9. The molecule has 9 nitrogen and oxygen atoms in total. The van der Waals surface area contributed by atoms with Crippen LogP contribution in [0.4, 0.5) is 0 Å². The van der Waals surface area contributed by atoms with Crippen molar-refractivity contribution in [2.24, 2.45) is 5.84 Å². The van der Waals surface area contributed by atoms with Crippen molar-refractivity contribution >= 4 is 0 Å². The predicted molar refractivity (Wildman–Crippen MR) is 63.9 cm³/mol. The average molecular weight is 272 g/mol. The Hall–Kier alpha value is -1.52. The van der Waals surface area contributed by atoms with Crippen LogP contribution < -0.4 is 22.5 Å². The summed E-state index contributed by atoms with van der Waals surface area (Å²) in [4.78, 5) is 25.3. The van der Waals surface area contributed by atoms with Gasteiger partial charge >= 0.3 is 5.69 Å². The van der Waals surface area contributed by atoms with Gasteiger partial charge in [0.25, 0.3) is 5.56 Å². The molecule has 0 spiro atoms. The summed E-state index contributed by atoms with van der Waals surface area (Å²) >= 11 is 0. The highest BCUT2D eigenvalue weighted by Gasteiger charge is 2.47. The molecule has 6 N–H and O–H groups in total. The van der Waals surface area contributed by atoms with Crippen LogP contribution in [0.2, 0.25) is 0 Å². The SMILES string of the molecule is Cc1cn([C@@]2(NN)C[C@H](O)[C@@H](CO)O2)c(=O)[nH]c1=O. The van der Waals surface area contributed by atoms with Crippen molar-refractivity contribution in [3.05, 3.63) is 32.6 Å². The van der Waals surface area contributed by atoms with Crippen LogP contribution in [0.5, 0.6) is 0 Å². The number of H-pyrrole nitrogens is 1. The lowest BCUT2D eigenvalue weighted by Gasteiger charge is -2.29. The predicted octanol–water partition coefficient (Wildman–Crippen LogP) is -2.94. The molecular weight excluding hydrogens is 256 g/mol. The third-order valence-electron chi connectivity index (χ3n) is 3.18. The van der Waals surface area contributed by atoms with Gasteiger partial charge in [-0.1, -0.05) is 0 Å². The lowest BCUT2D eigenvalue weighted by Crippen LogP contribution is -2.56. The number of aryl methyl sites for hydroxylation is 1. The maximum absolute atomic E-state index is 11.8. The van der Waals surface area contributed by atoms with Crippen molar-refractivity contribution in [3.63, 3.8) is 0 Å². The number of nitrogens with two attached hydrogens (primary N) is 1. The quantitative estimate of drug-likeness (QED) is 0.292. The molecule has 106 valence electrons. The molecular formula is C10H16N4O5. The molecule has 1 aromatic heterocycles. The number of hydrogen-bond acceptors (Lipinski definition) is 7. The van der Waals surface area contributed by atoms with E-state index in [-0.39, 0.29) is 6.42 Å². The fourth-order valence-electron chi connectivity index (χ4n) is 2.10. The summed E-state index contributed by atoms with van der Waals surface area (Å²) in [6.45, 7) is 1.11. The van der Waals surface area contributed by atoms with Crippen molar-refractivity contribution in [3.8, 4) is 0 Å². The van der Waals surface area contributed by atoms with Gasteiger partial charge in [-0.2, -0.15) is 0 Å². The summed E-state index contributed by atoms with van der Waals surface area (Å²) in [5.74, 6) is 3.92. The highest BCUT2D eigenvalue weighted by Crippen LogP contribution is 2.30. The molecule has 2 rings (SSSR count). The molecule has 19 heavy (non-hydrogen) atoms. The zero-order valence-corrected chi connectivity index (χ0v) is 10.3. The monoisotopic (exact) mass is 272 g/mol. The highest BCUT2D eigenvalue weighted by atomic mass is 16.6. The molecule has 0 radical (unpaired) electrons. The van der Waals surface area contributed by atoms with Crippen molar-refractivity contribution in [2.75, 3.05) is 6.61 Å². The number of hydrazine groups is 1. The number of rotatable bonds is 3. The van der Waals surface area contributed by atoms with Crippen LogP contribution >= 0.6 is 0 Å². The molecule has 1 saturated heterocycles. The Balaban J connectivity index is 2.52. The maximum Gasteiger partial charge on any atom is 0.331 e. The Kier molecular flexibility index (Phi) is 3.56. The van der Waals surface area contributed by atoms with Crippen molar-refractivity contribution < 1.29 is 14.9 Å². The van der Waals surface area contributed by atoms with Gasteiger partial charge in [0, 0.05) is 18.2 Å². The first-order chi connectivity index (χ1) is 8.93. The molecule has 2 heterocycles. The van der Waals surface area contributed by atoms with Gasteiger partial charge in [-0.25, -0.2) is 10.2 Å². The Morgan fingerprint density at radius 3 is 2.89 bits per heavy atom. The summed E-state index contributed by atoms with van der Waals surface area (Å²) in [5, 5.41) is 18.8. The van der Waals surface area contributed by atoms with E-state index in [0.29, 0.717) is 5.56 Å². The molecule has 0 bridgehead atoms. The molecule has 1 aliphatic rings. The fourth-order valence-corrected chi connectivity index (χ4v) is 2.10. The molecule has 0 amide bonds. The van der Waals surface area contributed by atoms with Crippen LogP contribution in [-0.2, 0) is 10.6 Å². The normalized spacial score (nSPS) is 30.7. The van der Waals surface area contributed by atoms with Gasteiger partial charge in [0.2, 0.25) is 5.85 Å². The topological polar surface area (TPSA) is 143 Å². The Morgan fingerprint density at radius 1 is 1.68 bits per heavy atom. The number of aromatic amines is 1. The summed E-state index contributed by atoms with van der Waals surface area (Å²) in [5.41, 5.74) is 1.38. The number of aromatic nitrogens is 2. The van der Waals surface area contributed by atoms with E-state index in [1.807, 2.05) is 0 Å². The lowest BCUT2D eigenvalue weighted by molar-refractivity contribution is -0.140. The van der Waals surface area contributed by atoms with E-state index in [0.717, 1.165) is 4.57 Å². The van der Waals surface area contributed by atoms with E-state index in [4.69, 9.17) is 15.7 Å². The average Bonchev–Trinajstić information content (AvgIpc) is 2.71. The van der Waals surface area contributed by atoms with Crippen molar-refractivity contribution in [2.45, 2.75) is 31.4 Å². The summed E-state index contributed by atoms with van der Waals surface area (Å²) in [7, 11) is 0. The number of aliphatic hydroxyl groups excluding tert-OH is 2. The third-order valence-corrected chi connectivity index (χ3v) is 3.18. The highest BCUT2D eigenvalue weighted by molar-refractivity contribution is 5.04. The minimum atomic E-state index is -1.50. The smallest absolute Gasteiger partial charge is 0.331 e. The summed E-state index contributed by atoms with van der Waals surface area (Å²) < 4.78 is 6.48. The minimum Gasteiger partial charge on any atom is -0.394 e. The van der Waals surface area contributed by atoms with Crippen LogP contribution in [0.15, 0.2) is 15.8 Å². The number of aliphatic hydroxyl groups is 2. The second kappa shape index (κ2) is 4.87. The van der Waals surface area contributed by atoms with Crippen molar-refractivity contribution in [1.29, 1.82) is 0 Å². The van der Waals surface area contributed by atoms with Crippen molar-refractivity contribution in [1.82, 2.24) is 15.0 Å². The lowest BCUT2D eigenvalue weighted by atomic mass is 10.1. The molecule has 0 unspecified atom stereocenters. The largest absolute Gasteiger partial charge is 0.394 e. The van der Waals surface area contributed by atoms with Crippen LogP contribution in [0.25, 0.3) is 0 Å². The Labute approximate surface area is 107 Å². The maximum atomic E-state index is 11.8. The van der Waals surface area contributed by atoms with Gasteiger partial charge in [-0.15, -0.1) is 0 Å². The van der Waals surface area contributed by atoms with Crippen LogP contribution in [0, 0.1) is 6.92 Å². The zero-order chi connectivity index (χ0) is 14.2. The van der Waals surface area contributed by atoms with Gasteiger partial charge in [-0.3, -0.25) is 20.2 Å². The van der Waals surface area contributed by atoms with E-state index in [9.17, 15) is 14.7 Å². The molecule has 0 saturated carbocycles. The van der Waals surface area contributed by atoms with Gasteiger partial charge in [0.05, 0.1) is 12.7 Å². The molecule has 0 aromatic carbocycles. The van der Waals surface area contributed by atoms with E-state index >= 15 is 0 Å². The second-order valence-corrected chi connectivity index (χ2v) is 4.48. The number of nitrogens with zero attached hydrogens (tertiary/aromatic N) is 1. The Morgan fingerprint density at radius 2 is 2.37 bits per heavy atom. The summed E-state index contributed by atoms with van der Waals surface area (Å²) in [6.07, 6.45) is -0.608. The van der Waals surface area contributed by atoms with Gasteiger partial charge in [-0.05, 0) is 6.92 Å². The summed E-state index contributed by atoms with van der Waals surface area (Å²) in [6, 6.07) is 0. The van der Waals surface area contributed by atoms with Crippen LogP contribution in [0.1, 0.15) is 12.0 Å². The van der Waals surface area contributed by atoms with Crippen LogP contribution in [0.3, 0.4) is 0 Å². The fraction of sp³-hybridized carbons (Fsp3) is 0.600. The number of hydrogen-bond donors (Lipinski definition) is 5. The third kappa shape index (κ3) is 2.22. The standard InChI is InChI=1S/C10H16N4O5/c1-5-3-14(9(18)12-8(5)17)10(13-11)2-6(16)7(4-15)19-10/h3,6-7,13,15-16H,2,4,11H2,1H3,(H,12,17,18)/t6-,7+,10-/m0/s1. The second-order valence-electron chi connectivity index (χ2n) is 4.48. The number of ether oxygens (including phenoxy) is 1. The van der Waals surface area contributed by atoms with E-state index in [2.05, 4.69) is 10.4 Å². The minimum absolute atomic E-state index is 0.0416. The van der Waals surface area contributed by atoms with E-state index in [1.165, 1.54) is 13.1 Å². The van der Waals surface area contributed by atoms with E-state index in [1.54, 1.807) is 0 Å². The molecule has 9 heteroatoms. The van der Waals surface area contributed by atoms with E-state index < -0.39 is 35.9 Å². The van der Waals surface area contributed by atoms with Crippen LogP contribution in [-0.4, -0.2) is 38.6 Å². The molecule has 1 aliphatic heterocycles. The van der Waals surface area contributed by atoms with Gasteiger partial charge < -0.3 is 14.9 Å². The Bertz CT molecular complexity index is 582. The molecule has 1 fully saturated rings. The number of nitrogens with one attached hydrogen (secondary N) is 2.